The van der Waals surface area contributed by atoms with Gasteiger partial charge in [-0.15, -0.1) is 0 Å². The van der Waals surface area contributed by atoms with Crippen LogP contribution in [0.15, 0.2) is 22.7 Å². The molecule has 1 aliphatic rings. The van der Waals surface area contributed by atoms with Crippen LogP contribution in [-0.4, -0.2) is 0 Å². The van der Waals surface area contributed by atoms with Gasteiger partial charge in [-0.1, -0.05) is 18.6 Å². The minimum Gasteiger partial charge on any atom is -0.271 e. The van der Waals surface area contributed by atoms with Crippen LogP contribution in [0.25, 0.3) is 0 Å². The average Bonchev–Trinajstić information content (AvgIpc) is 2.16. The smallest absolute Gasteiger partial charge is 0.142 e. The monoisotopic (exact) mass is 272 g/mol. The van der Waals surface area contributed by atoms with Crippen LogP contribution in [0, 0.1) is 11.7 Å². The third kappa shape index (κ3) is 2.07. The fraction of sp³-hybridized carbons (Fsp3) is 0.455. The van der Waals surface area contributed by atoms with Gasteiger partial charge >= 0.3 is 0 Å². The molecule has 0 aliphatic heterocycles. The summed E-state index contributed by atoms with van der Waals surface area (Å²) < 4.78 is 14.3. The highest BCUT2D eigenvalue weighted by atomic mass is 79.9. The highest BCUT2D eigenvalue weighted by molar-refractivity contribution is 9.10. The number of nitrogens with two attached hydrogens (primary N) is 1. The lowest BCUT2D eigenvalue weighted by molar-refractivity contribution is 0.228. The first-order valence-electron chi connectivity index (χ1n) is 5.14. The van der Waals surface area contributed by atoms with Crippen molar-refractivity contribution in [3.63, 3.8) is 0 Å². The Balaban J connectivity index is 2.29. The molecule has 1 aliphatic carbocycles. The Bertz CT molecular complexity index is 352. The molecule has 1 atom stereocenters. The molecule has 1 unspecified atom stereocenters. The van der Waals surface area contributed by atoms with E-state index >= 15 is 0 Å². The van der Waals surface area contributed by atoms with Crippen molar-refractivity contribution in [3.05, 3.63) is 34.1 Å². The Labute approximate surface area is 97.1 Å². The van der Waals surface area contributed by atoms with Crippen LogP contribution in [0.5, 0.6) is 0 Å². The third-order valence-corrected chi connectivity index (χ3v) is 3.73. The molecular weight excluding hydrogens is 259 g/mol. The molecule has 1 aromatic rings. The summed E-state index contributed by atoms with van der Waals surface area (Å²) >= 11 is 3.19. The van der Waals surface area contributed by atoms with Gasteiger partial charge in [0.15, 0.2) is 0 Å². The lowest BCUT2D eigenvalue weighted by Gasteiger charge is -2.33. The molecule has 4 heteroatoms. The number of hydrazine groups is 1. The van der Waals surface area contributed by atoms with Crippen LogP contribution in [-0.2, 0) is 0 Å². The van der Waals surface area contributed by atoms with Crippen LogP contribution in [0.2, 0.25) is 0 Å². The minimum atomic E-state index is -0.202. The maximum absolute atomic E-state index is 13.8. The molecule has 82 valence electrons. The molecule has 3 N–H and O–H groups in total. The van der Waals surface area contributed by atoms with Gasteiger partial charge < -0.3 is 0 Å². The van der Waals surface area contributed by atoms with E-state index in [0.29, 0.717) is 16.0 Å². The van der Waals surface area contributed by atoms with E-state index in [1.165, 1.54) is 6.42 Å². The van der Waals surface area contributed by atoms with Crippen LogP contribution in [0.3, 0.4) is 0 Å². The molecule has 1 aromatic carbocycles. The van der Waals surface area contributed by atoms with E-state index in [-0.39, 0.29) is 11.9 Å². The summed E-state index contributed by atoms with van der Waals surface area (Å²) in [4.78, 5) is 0. The molecule has 1 fully saturated rings. The predicted molar refractivity (Wildman–Crippen MR) is 61.5 cm³/mol. The first kappa shape index (κ1) is 11.0. The summed E-state index contributed by atoms with van der Waals surface area (Å²) in [6.45, 7) is 0. The van der Waals surface area contributed by atoms with Crippen molar-refractivity contribution in [1.29, 1.82) is 0 Å². The van der Waals surface area contributed by atoms with Gasteiger partial charge in [-0.05, 0) is 40.8 Å². The molecular formula is C11H14BrFN2. The number of nitrogens with one attached hydrogen (secondary N) is 1. The Kier molecular flexibility index (Phi) is 3.38. The Morgan fingerprint density at radius 1 is 1.47 bits per heavy atom. The van der Waals surface area contributed by atoms with Crippen LogP contribution >= 0.6 is 15.9 Å². The quantitative estimate of drug-likeness (QED) is 0.656. The van der Waals surface area contributed by atoms with Gasteiger partial charge in [0.25, 0.3) is 0 Å². The molecule has 0 radical (unpaired) electrons. The zero-order valence-corrected chi connectivity index (χ0v) is 9.93. The van der Waals surface area contributed by atoms with Crippen molar-refractivity contribution in [2.45, 2.75) is 25.3 Å². The van der Waals surface area contributed by atoms with Crippen LogP contribution in [0.1, 0.15) is 30.9 Å². The topological polar surface area (TPSA) is 38.0 Å². The molecule has 0 spiro atoms. The van der Waals surface area contributed by atoms with Crippen molar-refractivity contribution in [3.8, 4) is 0 Å². The fourth-order valence-electron chi connectivity index (χ4n) is 2.01. The van der Waals surface area contributed by atoms with Crippen molar-refractivity contribution in [1.82, 2.24) is 5.43 Å². The largest absolute Gasteiger partial charge is 0.271 e. The average molecular weight is 273 g/mol. The van der Waals surface area contributed by atoms with Gasteiger partial charge in [-0.25, -0.2) is 4.39 Å². The van der Waals surface area contributed by atoms with Gasteiger partial charge in [0.05, 0.1) is 10.5 Å². The number of rotatable bonds is 3. The molecule has 0 saturated heterocycles. The second-order valence-corrected chi connectivity index (χ2v) is 4.83. The zero-order valence-electron chi connectivity index (χ0n) is 8.34. The molecule has 0 heterocycles. The van der Waals surface area contributed by atoms with Gasteiger partial charge in [-0.3, -0.25) is 11.3 Å². The summed E-state index contributed by atoms with van der Waals surface area (Å²) in [5.41, 5.74) is 3.39. The number of hydrogen-bond acceptors (Lipinski definition) is 2. The molecule has 0 bridgehead atoms. The van der Waals surface area contributed by atoms with Gasteiger partial charge in [0.2, 0.25) is 0 Å². The van der Waals surface area contributed by atoms with E-state index in [1.807, 2.05) is 6.07 Å². The summed E-state index contributed by atoms with van der Waals surface area (Å²) in [5, 5.41) is 0. The lowest BCUT2D eigenvalue weighted by atomic mass is 9.77. The van der Waals surface area contributed by atoms with E-state index in [1.54, 1.807) is 12.1 Å². The lowest BCUT2D eigenvalue weighted by Crippen LogP contribution is -2.37. The third-order valence-electron chi connectivity index (χ3n) is 3.12. The highest BCUT2D eigenvalue weighted by Crippen LogP contribution is 2.38. The van der Waals surface area contributed by atoms with Gasteiger partial charge in [0, 0.05) is 5.56 Å². The Morgan fingerprint density at radius 2 is 2.20 bits per heavy atom. The first-order valence-corrected chi connectivity index (χ1v) is 5.93. The maximum atomic E-state index is 13.8. The van der Waals surface area contributed by atoms with Crippen molar-refractivity contribution >= 4 is 15.9 Å². The first-order chi connectivity index (χ1) is 7.24. The van der Waals surface area contributed by atoms with E-state index in [9.17, 15) is 4.39 Å². The summed E-state index contributed by atoms with van der Waals surface area (Å²) in [5.74, 6) is 5.77. The number of halogens is 2. The van der Waals surface area contributed by atoms with Crippen LogP contribution < -0.4 is 11.3 Å². The van der Waals surface area contributed by atoms with Crippen molar-refractivity contribution < 1.29 is 4.39 Å². The van der Waals surface area contributed by atoms with Crippen molar-refractivity contribution in [2.24, 2.45) is 11.8 Å². The van der Waals surface area contributed by atoms with Gasteiger partial charge in [-0.2, -0.15) is 0 Å². The maximum Gasteiger partial charge on any atom is 0.142 e. The number of hydrogen-bond donors (Lipinski definition) is 2. The van der Waals surface area contributed by atoms with E-state index < -0.39 is 0 Å². The Hall–Kier alpha value is -0.450. The molecule has 2 nitrogen and oxygen atoms in total. The van der Waals surface area contributed by atoms with Gasteiger partial charge in [0.1, 0.15) is 5.82 Å². The predicted octanol–water partition coefficient (Wildman–Crippen LogP) is 2.89. The molecule has 0 amide bonds. The second-order valence-electron chi connectivity index (χ2n) is 3.98. The molecule has 1 saturated carbocycles. The summed E-state index contributed by atoms with van der Waals surface area (Å²) in [6, 6.07) is 5.28. The standard InChI is InChI=1S/C11H14BrFN2/c12-9-6-2-5-8(10(9)13)11(15-14)7-3-1-4-7/h2,5-7,11,15H,1,3-4,14H2. The van der Waals surface area contributed by atoms with E-state index in [4.69, 9.17) is 5.84 Å². The molecule has 2 rings (SSSR count). The zero-order chi connectivity index (χ0) is 10.8. The highest BCUT2D eigenvalue weighted by Gasteiger charge is 2.29. The fourth-order valence-corrected chi connectivity index (χ4v) is 2.40. The van der Waals surface area contributed by atoms with E-state index in [2.05, 4.69) is 21.4 Å². The number of benzene rings is 1. The molecule has 0 aromatic heterocycles. The second kappa shape index (κ2) is 4.60. The van der Waals surface area contributed by atoms with Crippen LogP contribution in [0.4, 0.5) is 4.39 Å². The minimum absolute atomic E-state index is 0.0590. The summed E-state index contributed by atoms with van der Waals surface area (Å²) in [7, 11) is 0. The molecule has 15 heavy (non-hydrogen) atoms. The van der Waals surface area contributed by atoms with Crippen molar-refractivity contribution in [2.75, 3.05) is 0 Å². The van der Waals surface area contributed by atoms with E-state index in [0.717, 1.165) is 12.8 Å². The Morgan fingerprint density at radius 3 is 2.73 bits per heavy atom. The summed E-state index contributed by atoms with van der Waals surface area (Å²) in [6.07, 6.45) is 3.47. The SMILES string of the molecule is NNC(c1cccc(Br)c1F)C1CCC1. The normalized spacial score (nSPS) is 18.6.